The molecule has 3 nitrogen and oxygen atoms in total. The van der Waals surface area contributed by atoms with E-state index in [1.165, 1.54) is 6.92 Å². The minimum Gasteiger partial charge on any atom is -0.333 e. The van der Waals surface area contributed by atoms with Gasteiger partial charge in [0.1, 0.15) is 6.54 Å². The first-order chi connectivity index (χ1) is 6.69. The topological polar surface area (TPSA) is 46.3 Å². The molecule has 0 saturated heterocycles. The van der Waals surface area contributed by atoms with Crippen LogP contribution in [0.5, 0.6) is 0 Å². The monoisotopic (exact) mass is 226 g/mol. The summed E-state index contributed by atoms with van der Waals surface area (Å²) in [5.41, 5.74) is 5.50. The van der Waals surface area contributed by atoms with Crippen molar-refractivity contribution in [2.75, 3.05) is 13.1 Å². The summed E-state index contributed by atoms with van der Waals surface area (Å²) in [5, 5.41) is 0. The fraction of sp³-hybridized carbons (Fsp3) is 0.889. The predicted molar refractivity (Wildman–Crippen MR) is 51.1 cm³/mol. The Morgan fingerprint density at radius 1 is 1.40 bits per heavy atom. The summed E-state index contributed by atoms with van der Waals surface area (Å²) in [5.74, 6) is -0.815. The number of halogens is 3. The van der Waals surface area contributed by atoms with Gasteiger partial charge in [0, 0.05) is 6.54 Å². The molecule has 0 aromatic heterocycles. The van der Waals surface area contributed by atoms with Crippen molar-refractivity contribution >= 4 is 5.91 Å². The zero-order chi connectivity index (χ0) is 12.2. The van der Waals surface area contributed by atoms with E-state index in [-0.39, 0.29) is 12.5 Å². The second-order valence-electron chi connectivity index (χ2n) is 3.74. The molecule has 15 heavy (non-hydrogen) atoms. The summed E-state index contributed by atoms with van der Waals surface area (Å²) < 4.78 is 36.2. The molecule has 0 aliphatic carbocycles. The smallest absolute Gasteiger partial charge is 0.333 e. The van der Waals surface area contributed by atoms with Crippen LogP contribution in [0, 0.1) is 5.92 Å². The van der Waals surface area contributed by atoms with Gasteiger partial charge in [0.2, 0.25) is 5.91 Å². The van der Waals surface area contributed by atoms with Crippen LogP contribution < -0.4 is 5.73 Å². The van der Waals surface area contributed by atoms with E-state index in [4.69, 9.17) is 5.73 Å². The van der Waals surface area contributed by atoms with Crippen LogP contribution in [0.4, 0.5) is 13.2 Å². The molecule has 6 heteroatoms. The molecule has 0 heterocycles. The Kier molecular flexibility index (Phi) is 5.07. The Morgan fingerprint density at radius 3 is 2.13 bits per heavy atom. The Labute approximate surface area is 87.4 Å². The predicted octanol–water partition coefficient (Wildman–Crippen LogP) is 1.38. The molecule has 2 N–H and O–H groups in total. The quantitative estimate of drug-likeness (QED) is 0.787. The molecular weight excluding hydrogens is 209 g/mol. The third kappa shape index (κ3) is 5.01. The summed E-state index contributed by atoms with van der Waals surface area (Å²) in [6.45, 7) is 3.67. The molecule has 1 amide bonds. The summed E-state index contributed by atoms with van der Waals surface area (Å²) in [6.07, 6.45) is -4.37. The molecule has 0 spiro atoms. The summed E-state index contributed by atoms with van der Waals surface area (Å²) in [7, 11) is 0. The van der Waals surface area contributed by atoms with Crippen molar-refractivity contribution < 1.29 is 18.0 Å². The van der Waals surface area contributed by atoms with Gasteiger partial charge in [-0.1, -0.05) is 13.8 Å². The lowest BCUT2D eigenvalue weighted by Crippen LogP contribution is -2.49. The van der Waals surface area contributed by atoms with Gasteiger partial charge in [0.15, 0.2) is 0 Å². The fourth-order valence-corrected chi connectivity index (χ4v) is 1.06. The maximum atomic E-state index is 12.1. The van der Waals surface area contributed by atoms with E-state index in [1.807, 2.05) is 0 Å². The maximum Gasteiger partial charge on any atom is 0.406 e. The number of likely N-dealkylation sites (N-methyl/N-ethyl adjacent to an activating group) is 1. The van der Waals surface area contributed by atoms with Crippen LogP contribution in [-0.4, -0.2) is 36.1 Å². The van der Waals surface area contributed by atoms with Crippen molar-refractivity contribution in [1.29, 1.82) is 0 Å². The number of amides is 1. The van der Waals surface area contributed by atoms with Crippen molar-refractivity contribution in [3.05, 3.63) is 0 Å². The van der Waals surface area contributed by atoms with Gasteiger partial charge >= 0.3 is 6.18 Å². The summed E-state index contributed by atoms with van der Waals surface area (Å²) in [6, 6.07) is -0.868. The van der Waals surface area contributed by atoms with E-state index >= 15 is 0 Å². The van der Waals surface area contributed by atoms with E-state index in [9.17, 15) is 18.0 Å². The molecule has 0 unspecified atom stereocenters. The maximum absolute atomic E-state index is 12.1. The van der Waals surface area contributed by atoms with Crippen molar-refractivity contribution in [2.45, 2.75) is 33.0 Å². The van der Waals surface area contributed by atoms with Gasteiger partial charge in [0.25, 0.3) is 0 Å². The lowest BCUT2D eigenvalue weighted by atomic mass is 10.0. The molecule has 0 aromatic rings. The fourth-order valence-electron chi connectivity index (χ4n) is 1.06. The van der Waals surface area contributed by atoms with Crippen molar-refractivity contribution in [1.82, 2.24) is 4.90 Å². The van der Waals surface area contributed by atoms with E-state index in [0.717, 1.165) is 4.90 Å². The number of nitrogens with zero attached hydrogens (tertiary/aromatic N) is 1. The van der Waals surface area contributed by atoms with Gasteiger partial charge in [-0.3, -0.25) is 4.79 Å². The first kappa shape index (κ1) is 14.2. The highest BCUT2D eigenvalue weighted by Gasteiger charge is 2.34. The molecule has 1 atom stereocenters. The number of hydrogen-bond donors (Lipinski definition) is 1. The zero-order valence-electron chi connectivity index (χ0n) is 9.14. The lowest BCUT2D eigenvalue weighted by Gasteiger charge is -2.26. The number of hydrogen-bond acceptors (Lipinski definition) is 2. The number of nitrogens with two attached hydrogens (primary N) is 1. The first-order valence-electron chi connectivity index (χ1n) is 4.80. The minimum absolute atomic E-state index is 0.0127. The standard InChI is InChI=1S/C9H17F3N2O/c1-4-14(5-9(10,11)12)8(15)7(13)6(2)3/h6-7H,4-5,13H2,1-3H3/t7-/m1/s1. The van der Waals surface area contributed by atoms with Gasteiger partial charge in [-0.15, -0.1) is 0 Å². The Hall–Kier alpha value is -0.780. The van der Waals surface area contributed by atoms with Crippen LogP contribution in [-0.2, 0) is 4.79 Å². The molecule has 0 fully saturated rings. The van der Waals surface area contributed by atoms with Crippen molar-refractivity contribution in [2.24, 2.45) is 11.7 Å². The van der Waals surface area contributed by atoms with Crippen LogP contribution in [0.15, 0.2) is 0 Å². The Bertz CT molecular complexity index is 216. The van der Waals surface area contributed by atoms with E-state index in [2.05, 4.69) is 0 Å². The zero-order valence-corrected chi connectivity index (χ0v) is 9.14. The summed E-state index contributed by atoms with van der Waals surface area (Å²) in [4.78, 5) is 12.2. The highest BCUT2D eigenvalue weighted by molar-refractivity contribution is 5.81. The number of carbonyl (C=O) groups excluding carboxylic acids is 1. The van der Waals surface area contributed by atoms with Gasteiger partial charge < -0.3 is 10.6 Å². The van der Waals surface area contributed by atoms with Gasteiger partial charge in [0.05, 0.1) is 6.04 Å². The number of carbonyl (C=O) groups is 1. The van der Waals surface area contributed by atoms with Crippen LogP contribution >= 0.6 is 0 Å². The molecule has 0 bridgehead atoms. The van der Waals surface area contributed by atoms with Crippen molar-refractivity contribution in [3.8, 4) is 0 Å². The third-order valence-corrected chi connectivity index (χ3v) is 2.07. The van der Waals surface area contributed by atoms with Crippen LogP contribution in [0.25, 0.3) is 0 Å². The van der Waals surface area contributed by atoms with Crippen LogP contribution in [0.2, 0.25) is 0 Å². The molecule has 0 aromatic carbocycles. The Balaban J connectivity index is 4.48. The molecular formula is C9H17F3N2O. The normalized spacial score (nSPS) is 14.1. The Morgan fingerprint density at radius 2 is 1.87 bits per heavy atom. The molecule has 0 saturated carbocycles. The molecule has 0 rings (SSSR count). The third-order valence-electron chi connectivity index (χ3n) is 2.07. The highest BCUT2D eigenvalue weighted by Crippen LogP contribution is 2.17. The molecule has 0 aliphatic rings. The van der Waals surface area contributed by atoms with E-state index in [0.29, 0.717) is 0 Å². The first-order valence-corrected chi connectivity index (χ1v) is 4.80. The van der Waals surface area contributed by atoms with Crippen molar-refractivity contribution in [3.63, 3.8) is 0 Å². The highest BCUT2D eigenvalue weighted by atomic mass is 19.4. The number of rotatable bonds is 4. The van der Waals surface area contributed by atoms with Crippen LogP contribution in [0.3, 0.4) is 0 Å². The second kappa shape index (κ2) is 5.34. The molecule has 0 aliphatic heterocycles. The summed E-state index contributed by atoms with van der Waals surface area (Å²) >= 11 is 0. The largest absolute Gasteiger partial charge is 0.406 e. The number of alkyl halides is 3. The average Bonchev–Trinajstić information content (AvgIpc) is 2.10. The van der Waals surface area contributed by atoms with Crippen LogP contribution in [0.1, 0.15) is 20.8 Å². The molecule has 90 valence electrons. The van der Waals surface area contributed by atoms with Gasteiger partial charge in [-0.05, 0) is 12.8 Å². The van der Waals surface area contributed by atoms with Gasteiger partial charge in [-0.25, -0.2) is 0 Å². The van der Waals surface area contributed by atoms with Gasteiger partial charge in [-0.2, -0.15) is 13.2 Å². The lowest BCUT2D eigenvalue weighted by molar-refractivity contribution is -0.162. The van der Waals surface area contributed by atoms with E-state index < -0.39 is 24.7 Å². The van der Waals surface area contributed by atoms with E-state index in [1.54, 1.807) is 13.8 Å². The average molecular weight is 226 g/mol. The second-order valence-corrected chi connectivity index (χ2v) is 3.74. The minimum atomic E-state index is -4.37. The molecule has 0 radical (unpaired) electrons. The SMILES string of the molecule is CCN(CC(F)(F)F)C(=O)[C@H](N)C(C)C.